The summed E-state index contributed by atoms with van der Waals surface area (Å²) in [4.78, 5) is 8.30. The van der Waals surface area contributed by atoms with Crippen LogP contribution in [0.1, 0.15) is 69.7 Å². The van der Waals surface area contributed by atoms with Gasteiger partial charge in [0, 0.05) is 36.0 Å². The van der Waals surface area contributed by atoms with Crippen LogP contribution >= 0.6 is 0 Å². The predicted octanol–water partition coefficient (Wildman–Crippen LogP) is 5.81. The Balaban J connectivity index is 0.000000150. The zero-order valence-electron chi connectivity index (χ0n) is 19.4. The molecule has 1 aliphatic heterocycles. The van der Waals surface area contributed by atoms with Crippen molar-refractivity contribution in [2.24, 2.45) is 0 Å². The van der Waals surface area contributed by atoms with Gasteiger partial charge in [0.05, 0.1) is 35.6 Å². The van der Waals surface area contributed by atoms with Gasteiger partial charge in [-0.2, -0.15) is 10.2 Å². The third kappa shape index (κ3) is 4.70. The molecule has 6 rings (SSSR count). The molecule has 0 bridgehead atoms. The quantitative estimate of drug-likeness (QED) is 0.379. The van der Waals surface area contributed by atoms with Gasteiger partial charge < -0.3 is 4.74 Å². The fraction of sp³-hybridized carbons (Fsp3) is 0.440. The molecule has 178 valence electrons. The lowest BCUT2D eigenvalue weighted by Gasteiger charge is -2.21. The van der Waals surface area contributed by atoms with E-state index >= 15 is 0 Å². The number of nitrogens with zero attached hydrogens (tertiary/aromatic N) is 6. The van der Waals surface area contributed by atoms with Gasteiger partial charge in [-0.25, -0.2) is 23.4 Å². The fourth-order valence-corrected chi connectivity index (χ4v) is 4.20. The average Bonchev–Trinajstić information content (AvgIpc) is 3.39. The van der Waals surface area contributed by atoms with Gasteiger partial charge in [0.2, 0.25) is 0 Å². The van der Waals surface area contributed by atoms with Crippen molar-refractivity contribution in [2.45, 2.75) is 64.1 Å². The molecule has 0 unspecified atom stereocenters. The predicted molar refractivity (Wildman–Crippen MR) is 124 cm³/mol. The molecule has 1 saturated heterocycles. The highest BCUT2D eigenvalue weighted by molar-refractivity contribution is 5.90. The summed E-state index contributed by atoms with van der Waals surface area (Å²) in [6.07, 6.45) is 13.7. The van der Waals surface area contributed by atoms with E-state index in [4.69, 9.17) is 4.74 Å². The van der Waals surface area contributed by atoms with Crippen LogP contribution in [0.25, 0.3) is 22.3 Å². The molecular weight excluding hydrogens is 438 g/mol. The molecule has 3 aromatic heterocycles. The van der Waals surface area contributed by atoms with Gasteiger partial charge in [-0.05, 0) is 58.1 Å². The Labute approximate surface area is 196 Å². The largest absolute Gasteiger partial charge is 0.373 e. The van der Waals surface area contributed by atoms with E-state index in [9.17, 15) is 8.78 Å². The van der Waals surface area contributed by atoms with Crippen molar-refractivity contribution in [3.63, 3.8) is 0 Å². The van der Waals surface area contributed by atoms with Crippen molar-refractivity contribution in [1.29, 1.82) is 0 Å². The summed E-state index contributed by atoms with van der Waals surface area (Å²) in [5.74, 6) is -1.27. The van der Waals surface area contributed by atoms with Gasteiger partial charge >= 0.3 is 0 Å². The second-order valence-corrected chi connectivity index (χ2v) is 9.11. The third-order valence-electron chi connectivity index (χ3n) is 6.16. The maximum atomic E-state index is 13.9. The summed E-state index contributed by atoms with van der Waals surface area (Å²) in [6.45, 7) is 4.87. The third-order valence-corrected chi connectivity index (χ3v) is 6.16. The lowest BCUT2D eigenvalue weighted by Crippen LogP contribution is -2.10. The Hall–Kier alpha value is -3.20. The van der Waals surface area contributed by atoms with Gasteiger partial charge in [0.25, 0.3) is 0 Å². The molecule has 4 aromatic rings. The highest BCUT2D eigenvalue weighted by atomic mass is 19.1. The minimum Gasteiger partial charge on any atom is -0.373 e. The van der Waals surface area contributed by atoms with Crippen LogP contribution in [-0.2, 0) is 4.74 Å². The Morgan fingerprint density at radius 3 is 2.59 bits per heavy atom. The van der Waals surface area contributed by atoms with Crippen molar-refractivity contribution < 1.29 is 13.5 Å². The standard InChI is InChI=1S/C14H12F2N4.C11H16N2O/c1-8(2)20-14-11(6-19-20)13(17-7-18-14)10-4-3-9(15)5-12(10)16;1-2-6-14-11(3-1)9-7-12-13(8-9)10-4-5-10/h3-8H,1-2H3;7-8,10-11H,1-6H2/t;11-/m.1/s1. The van der Waals surface area contributed by atoms with Crippen molar-refractivity contribution in [2.75, 3.05) is 6.61 Å². The van der Waals surface area contributed by atoms with E-state index in [0.717, 1.165) is 19.1 Å². The van der Waals surface area contributed by atoms with Gasteiger partial charge in [0.15, 0.2) is 5.65 Å². The van der Waals surface area contributed by atoms with Crippen molar-refractivity contribution in [3.05, 3.63) is 60.3 Å². The first-order chi connectivity index (χ1) is 16.5. The first-order valence-electron chi connectivity index (χ1n) is 11.8. The first kappa shape index (κ1) is 22.6. The maximum absolute atomic E-state index is 13.9. The molecular formula is C25H28F2N6O. The lowest BCUT2D eigenvalue weighted by molar-refractivity contribution is 0.0149. The molecule has 2 fully saturated rings. The molecule has 1 saturated carbocycles. The number of rotatable bonds is 4. The molecule has 0 N–H and O–H groups in total. The van der Waals surface area contributed by atoms with E-state index in [2.05, 4.69) is 31.0 Å². The number of fused-ring (bicyclic) bond motifs is 1. The van der Waals surface area contributed by atoms with E-state index in [1.165, 1.54) is 49.7 Å². The molecule has 34 heavy (non-hydrogen) atoms. The van der Waals surface area contributed by atoms with Gasteiger partial charge in [-0.3, -0.25) is 4.68 Å². The summed E-state index contributed by atoms with van der Waals surface area (Å²) < 4.78 is 36.5. The second kappa shape index (κ2) is 9.58. The van der Waals surface area contributed by atoms with Crippen LogP contribution in [0.2, 0.25) is 0 Å². The number of aromatic nitrogens is 6. The molecule has 1 aliphatic carbocycles. The van der Waals surface area contributed by atoms with E-state index in [1.54, 1.807) is 10.9 Å². The zero-order valence-corrected chi connectivity index (χ0v) is 19.4. The SMILES string of the molecule is CC(C)n1ncc2c(-c3ccc(F)cc3F)ncnc21.c1nn(C2CC2)cc1[C@H]1CCCCO1. The Bertz CT molecular complexity index is 1270. The summed E-state index contributed by atoms with van der Waals surface area (Å²) in [7, 11) is 0. The normalized spacial score (nSPS) is 18.2. The van der Waals surface area contributed by atoms with E-state index in [1.807, 2.05) is 20.0 Å². The lowest BCUT2D eigenvalue weighted by atomic mass is 10.0. The van der Waals surface area contributed by atoms with Crippen molar-refractivity contribution in [1.82, 2.24) is 29.5 Å². The number of hydrogen-bond donors (Lipinski definition) is 0. The van der Waals surface area contributed by atoms with E-state index in [0.29, 0.717) is 28.9 Å². The molecule has 7 nitrogen and oxygen atoms in total. The fourth-order valence-electron chi connectivity index (χ4n) is 4.20. The van der Waals surface area contributed by atoms with Crippen LogP contribution in [0, 0.1) is 11.6 Å². The minimum absolute atomic E-state index is 0.133. The summed E-state index contributed by atoms with van der Waals surface area (Å²) >= 11 is 0. The van der Waals surface area contributed by atoms with Crippen LogP contribution in [0.5, 0.6) is 0 Å². The van der Waals surface area contributed by atoms with Crippen LogP contribution in [0.3, 0.4) is 0 Å². The molecule has 2 aliphatic rings. The molecule has 0 radical (unpaired) electrons. The summed E-state index contributed by atoms with van der Waals surface area (Å²) in [5, 5.41) is 9.28. The molecule has 1 aromatic carbocycles. The molecule has 4 heterocycles. The highest BCUT2D eigenvalue weighted by Crippen LogP contribution is 2.36. The highest BCUT2D eigenvalue weighted by Gasteiger charge is 2.26. The molecule has 0 amide bonds. The molecule has 0 spiro atoms. The van der Waals surface area contributed by atoms with E-state index in [-0.39, 0.29) is 11.6 Å². The molecule has 9 heteroatoms. The van der Waals surface area contributed by atoms with Crippen LogP contribution < -0.4 is 0 Å². The van der Waals surface area contributed by atoms with Crippen molar-refractivity contribution >= 4 is 11.0 Å². The minimum atomic E-state index is -0.651. The maximum Gasteiger partial charge on any atom is 0.162 e. The summed E-state index contributed by atoms with van der Waals surface area (Å²) in [6, 6.07) is 4.25. The Kier molecular flexibility index (Phi) is 6.36. The zero-order chi connectivity index (χ0) is 23.7. The first-order valence-corrected chi connectivity index (χ1v) is 11.8. The topological polar surface area (TPSA) is 70.7 Å². The Morgan fingerprint density at radius 1 is 1.03 bits per heavy atom. The molecule has 1 atom stereocenters. The van der Waals surface area contributed by atoms with Crippen LogP contribution in [-0.4, -0.2) is 36.1 Å². The number of ether oxygens (including phenoxy) is 1. The smallest absolute Gasteiger partial charge is 0.162 e. The average molecular weight is 467 g/mol. The van der Waals surface area contributed by atoms with Crippen molar-refractivity contribution in [3.8, 4) is 11.3 Å². The monoisotopic (exact) mass is 466 g/mol. The Morgan fingerprint density at radius 2 is 1.88 bits per heavy atom. The van der Waals surface area contributed by atoms with Crippen LogP contribution in [0.15, 0.2) is 43.1 Å². The van der Waals surface area contributed by atoms with Gasteiger partial charge in [-0.15, -0.1) is 0 Å². The number of hydrogen-bond acceptors (Lipinski definition) is 5. The van der Waals surface area contributed by atoms with Crippen LogP contribution in [0.4, 0.5) is 8.78 Å². The number of halogens is 2. The second-order valence-electron chi connectivity index (χ2n) is 9.11. The van der Waals surface area contributed by atoms with Gasteiger partial charge in [0.1, 0.15) is 18.0 Å². The number of benzene rings is 1. The van der Waals surface area contributed by atoms with Gasteiger partial charge in [-0.1, -0.05) is 0 Å². The van der Waals surface area contributed by atoms with E-state index < -0.39 is 11.6 Å². The summed E-state index contributed by atoms with van der Waals surface area (Å²) in [5.41, 5.74) is 2.56.